The van der Waals surface area contributed by atoms with Gasteiger partial charge in [0.15, 0.2) is 0 Å². The molecule has 0 bridgehead atoms. The lowest BCUT2D eigenvalue weighted by Gasteiger charge is -2.38. The number of carbonyl (C=O) groups excluding carboxylic acids is 2. The zero-order chi connectivity index (χ0) is 23.2. The minimum atomic E-state index is -0.527. The predicted molar refractivity (Wildman–Crippen MR) is 127 cm³/mol. The monoisotopic (exact) mass is 445 g/mol. The first-order valence-corrected chi connectivity index (χ1v) is 11.3. The quantitative estimate of drug-likeness (QED) is 0.503. The van der Waals surface area contributed by atoms with Crippen LogP contribution in [-0.2, 0) is 16.1 Å². The van der Waals surface area contributed by atoms with Crippen molar-refractivity contribution in [3.8, 4) is 0 Å². The van der Waals surface area contributed by atoms with Gasteiger partial charge in [0.25, 0.3) is 0 Å². The minimum absolute atomic E-state index is 0.0442. The lowest BCUT2D eigenvalue weighted by Crippen LogP contribution is -2.48. The molecule has 1 unspecified atom stereocenters. The summed E-state index contributed by atoms with van der Waals surface area (Å²) in [6.45, 7) is 3.49. The van der Waals surface area contributed by atoms with Crippen LogP contribution in [0.15, 0.2) is 79.0 Å². The smallest absolute Gasteiger partial charge is 0.247 e. The molecule has 0 saturated carbocycles. The van der Waals surface area contributed by atoms with Gasteiger partial charge in [-0.05, 0) is 36.3 Å². The van der Waals surface area contributed by atoms with Gasteiger partial charge in [-0.25, -0.2) is 4.39 Å². The third kappa shape index (κ3) is 5.06. The van der Waals surface area contributed by atoms with Gasteiger partial charge >= 0.3 is 0 Å². The second-order valence-electron chi connectivity index (χ2n) is 8.14. The van der Waals surface area contributed by atoms with E-state index in [0.29, 0.717) is 25.2 Å². The topological polar surface area (TPSA) is 45.6 Å². The van der Waals surface area contributed by atoms with Crippen molar-refractivity contribution in [2.75, 3.05) is 19.6 Å². The molecule has 0 saturated heterocycles. The maximum absolute atomic E-state index is 14.8. The van der Waals surface area contributed by atoms with E-state index in [2.05, 4.69) is 4.57 Å². The van der Waals surface area contributed by atoms with Crippen molar-refractivity contribution < 1.29 is 14.0 Å². The van der Waals surface area contributed by atoms with E-state index in [1.807, 2.05) is 55.6 Å². The first-order valence-electron chi connectivity index (χ1n) is 11.3. The molecule has 0 aliphatic carbocycles. The number of hydrogen-bond acceptors (Lipinski definition) is 2. The molecule has 1 aromatic heterocycles. The molecule has 3 aromatic rings. The van der Waals surface area contributed by atoms with E-state index in [1.165, 1.54) is 12.1 Å². The number of amides is 2. The van der Waals surface area contributed by atoms with Crippen molar-refractivity contribution in [1.29, 1.82) is 0 Å². The van der Waals surface area contributed by atoms with Gasteiger partial charge in [0, 0.05) is 43.2 Å². The molecular weight excluding hydrogens is 417 g/mol. The van der Waals surface area contributed by atoms with Crippen molar-refractivity contribution in [1.82, 2.24) is 14.4 Å². The van der Waals surface area contributed by atoms with Gasteiger partial charge in [0.1, 0.15) is 18.4 Å². The van der Waals surface area contributed by atoms with Gasteiger partial charge in [-0.2, -0.15) is 0 Å². The van der Waals surface area contributed by atoms with Crippen LogP contribution in [0.1, 0.15) is 36.2 Å². The number of fused-ring (bicyclic) bond motifs is 1. The molecule has 0 radical (unpaired) electrons. The fourth-order valence-electron chi connectivity index (χ4n) is 4.30. The molecule has 1 aliphatic rings. The lowest BCUT2D eigenvalue weighted by atomic mass is 9.99. The first kappa shape index (κ1) is 22.5. The van der Waals surface area contributed by atoms with Gasteiger partial charge in [0.2, 0.25) is 11.8 Å². The predicted octanol–water partition coefficient (Wildman–Crippen LogP) is 4.51. The van der Waals surface area contributed by atoms with Gasteiger partial charge in [-0.3, -0.25) is 9.59 Å². The lowest BCUT2D eigenvalue weighted by molar-refractivity contribution is -0.140. The highest BCUT2D eigenvalue weighted by Crippen LogP contribution is 2.33. The summed E-state index contributed by atoms with van der Waals surface area (Å²) in [6.07, 6.45) is 5.95. The van der Waals surface area contributed by atoms with Gasteiger partial charge < -0.3 is 14.4 Å². The normalized spacial score (nSPS) is 15.5. The maximum Gasteiger partial charge on any atom is 0.247 e. The number of benzene rings is 2. The van der Waals surface area contributed by atoms with Crippen LogP contribution in [0.3, 0.4) is 0 Å². The zero-order valence-electron chi connectivity index (χ0n) is 18.7. The second kappa shape index (κ2) is 10.3. The van der Waals surface area contributed by atoms with Gasteiger partial charge in [-0.15, -0.1) is 0 Å². The van der Waals surface area contributed by atoms with E-state index in [1.54, 1.807) is 34.1 Å². The van der Waals surface area contributed by atoms with Crippen molar-refractivity contribution in [3.05, 3.63) is 102 Å². The van der Waals surface area contributed by atoms with Gasteiger partial charge in [0.05, 0.1) is 0 Å². The summed E-state index contributed by atoms with van der Waals surface area (Å²) in [7, 11) is 0. The maximum atomic E-state index is 14.8. The number of halogens is 1. The third-order valence-corrected chi connectivity index (χ3v) is 5.91. The van der Waals surface area contributed by atoms with Crippen molar-refractivity contribution in [2.24, 2.45) is 0 Å². The molecule has 1 aliphatic heterocycles. The van der Waals surface area contributed by atoms with Crippen LogP contribution in [0, 0.1) is 5.82 Å². The van der Waals surface area contributed by atoms with Crippen LogP contribution in [-0.4, -0.2) is 45.8 Å². The second-order valence-corrected chi connectivity index (χ2v) is 8.14. The molecule has 2 heterocycles. The largest absolute Gasteiger partial charge is 0.348 e. The average molecular weight is 446 g/mol. The minimum Gasteiger partial charge on any atom is -0.348 e. The highest BCUT2D eigenvalue weighted by atomic mass is 19.1. The molecule has 0 spiro atoms. The molecule has 2 aromatic carbocycles. The SMILES string of the molecule is CCCN(CC(=O)N1CCn2cccc2C1c1ccccc1F)C(=O)C=Cc1ccccc1. The molecule has 170 valence electrons. The van der Waals surface area contributed by atoms with Crippen LogP contribution in [0.2, 0.25) is 0 Å². The Morgan fingerprint density at radius 2 is 1.79 bits per heavy atom. The van der Waals surface area contributed by atoms with Crippen molar-refractivity contribution >= 4 is 17.9 Å². The van der Waals surface area contributed by atoms with E-state index in [-0.39, 0.29) is 24.2 Å². The molecule has 1 atom stereocenters. The van der Waals surface area contributed by atoms with Crippen LogP contribution in [0.5, 0.6) is 0 Å². The van der Waals surface area contributed by atoms with Crippen LogP contribution >= 0.6 is 0 Å². The standard InChI is InChI=1S/C27H28FN3O2/c1-2-16-30(25(32)15-14-21-9-4-3-5-10-21)20-26(33)31-19-18-29-17-8-13-24(29)27(31)22-11-6-7-12-23(22)28/h3-15,17,27H,2,16,18-20H2,1H3. The number of aromatic nitrogens is 1. The average Bonchev–Trinajstić information content (AvgIpc) is 3.32. The summed E-state index contributed by atoms with van der Waals surface area (Å²) in [5.74, 6) is -0.746. The van der Waals surface area contributed by atoms with Crippen LogP contribution in [0.25, 0.3) is 6.08 Å². The highest BCUT2D eigenvalue weighted by molar-refractivity contribution is 5.94. The third-order valence-electron chi connectivity index (χ3n) is 5.91. The molecule has 0 N–H and O–H groups in total. The van der Waals surface area contributed by atoms with Crippen molar-refractivity contribution in [2.45, 2.75) is 25.9 Å². The molecule has 4 rings (SSSR count). The van der Waals surface area contributed by atoms with E-state index < -0.39 is 6.04 Å². The highest BCUT2D eigenvalue weighted by Gasteiger charge is 2.34. The Balaban J connectivity index is 1.56. The number of carbonyl (C=O) groups is 2. The Kier molecular flexibility index (Phi) is 7.03. The number of nitrogens with zero attached hydrogens (tertiary/aromatic N) is 3. The molecule has 33 heavy (non-hydrogen) atoms. The molecule has 0 fully saturated rings. The molecule has 5 nitrogen and oxygen atoms in total. The molecule has 2 amide bonds. The van der Waals surface area contributed by atoms with E-state index in [0.717, 1.165) is 17.7 Å². The summed E-state index contributed by atoms with van der Waals surface area (Å²) in [5, 5.41) is 0. The Labute approximate surface area is 193 Å². The van der Waals surface area contributed by atoms with Crippen LogP contribution in [0.4, 0.5) is 4.39 Å². The first-order chi connectivity index (χ1) is 16.1. The van der Waals surface area contributed by atoms with Crippen LogP contribution < -0.4 is 0 Å². The van der Waals surface area contributed by atoms with E-state index in [9.17, 15) is 14.0 Å². The molecular formula is C27H28FN3O2. The van der Waals surface area contributed by atoms with Crippen molar-refractivity contribution in [3.63, 3.8) is 0 Å². The van der Waals surface area contributed by atoms with E-state index in [4.69, 9.17) is 0 Å². The van der Waals surface area contributed by atoms with E-state index >= 15 is 0 Å². The number of hydrogen-bond donors (Lipinski definition) is 0. The van der Waals surface area contributed by atoms with Gasteiger partial charge in [-0.1, -0.05) is 55.5 Å². The Hall–Kier alpha value is -3.67. The zero-order valence-corrected chi connectivity index (χ0v) is 18.7. The summed E-state index contributed by atoms with van der Waals surface area (Å²) >= 11 is 0. The summed E-state index contributed by atoms with van der Waals surface area (Å²) in [5.41, 5.74) is 2.25. The molecule has 6 heteroatoms. The fourth-order valence-corrected chi connectivity index (χ4v) is 4.30. The number of rotatable bonds is 7. The Morgan fingerprint density at radius 1 is 1.03 bits per heavy atom. The Morgan fingerprint density at radius 3 is 2.55 bits per heavy atom. The summed E-state index contributed by atoms with van der Waals surface area (Å²) < 4.78 is 16.8. The summed E-state index contributed by atoms with van der Waals surface area (Å²) in [6, 6.07) is 19.5. The summed E-state index contributed by atoms with van der Waals surface area (Å²) in [4.78, 5) is 29.6. The fraction of sp³-hybridized carbons (Fsp3) is 0.259. The Bertz CT molecular complexity index is 1140.